The molecule has 1 amide bonds. The maximum atomic E-state index is 12.5. The highest BCUT2D eigenvalue weighted by Gasteiger charge is 2.35. The zero-order valence-corrected chi connectivity index (χ0v) is 14.2. The molecule has 1 aromatic carbocycles. The second kappa shape index (κ2) is 6.20. The van der Waals surface area contributed by atoms with Gasteiger partial charge in [-0.2, -0.15) is 0 Å². The number of H-pyrrole nitrogens is 1. The Hall–Kier alpha value is -3.75. The number of anilines is 1. The fourth-order valence-corrected chi connectivity index (χ4v) is 3.05. The molecule has 136 valence electrons. The largest absolute Gasteiger partial charge is 0.506 e. The number of hydrogen-bond acceptors (Lipinski definition) is 6. The van der Waals surface area contributed by atoms with E-state index in [-0.39, 0.29) is 11.3 Å². The summed E-state index contributed by atoms with van der Waals surface area (Å²) in [6.07, 6.45) is 2.84. The molecule has 9 nitrogen and oxygen atoms in total. The number of esters is 1. The van der Waals surface area contributed by atoms with E-state index < -0.39 is 34.9 Å². The standard InChI is InChI=1S/C18H14N4O5/c1-9-12-14(18(26)27-9)21-17(25)13(15(12)23)16(24)20-10-2-4-11(5-3-10)22-7-6-19-8-22/h2-5,7-9H,6H2,1H3,(H2-,20,21,23,24,25)/p+1/t9-/m1/s1. The Morgan fingerprint density at radius 3 is 2.74 bits per heavy atom. The molecule has 0 aliphatic carbocycles. The van der Waals surface area contributed by atoms with E-state index in [2.05, 4.69) is 15.3 Å². The van der Waals surface area contributed by atoms with Crippen LogP contribution < -0.4 is 10.9 Å². The van der Waals surface area contributed by atoms with Gasteiger partial charge in [-0.1, -0.05) is 4.99 Å². The van der Waals surface area contributed by atoms with Gasteiger partial charge in [0.2, 0.25) is 0 Å². The number of cyclic esters (lactones) is 1. The zero-order valence-electron chi connectivity index (χ0n) is 14.2. The summed E-state index contributed by atoms with van der Waals surface area (Å²) in [5.41, 5.74) is -0.0489. The van der Waals surface area contributed by atoms with Gasteiger partial charge in [0.05, 0.1) is 5.56 Å². The SMILES string of the molecule is C[C@H]1OC(=O)c2[nH]c(=O)c(C(=O)Nc3ccc([N+]4=CCN=C4)cc3)c(O)c21. The normalized spacial score (nSPS) is 17.4. The van der Waals surface area contributed by atoms with Gasteiger partial charge in [-0.15, -0.1) is 0 Å². The van der Waals surface area contributed by atoms with Gasteiger partial charge in [-0.05, 0) is 31.2 Å². The third-order valence-electron chi connectivity index (χ3n) is 4.36. The number of rotatable bonds is 3. The molecule has 0 saturated carbocycles. The monoisotopic (exact) mass is 367 g/mol. The highest BCUT2D eigenvalue weighted by molar-refractivity contribution is 6.07. The molecular weight excluding hydrogens is 352 g/mol. The fourth-order valence-electron chi connectivity index (χ4n) is 3.05. The van der Waals surface area contributed by atoms with Crippen molar-refractivity contribution in [3.63, 3.8) is 0 Å². The maximum absolute atomic E-state index is 12.5. The predicted octanol–water partition coefficient (Wildman–Crippen LogP) is 1.32. The van der Waals surface area contributed by atoms with Gasteiger partial charge in [-0.3, -0.25) is 9.59 Å². The molecule has 0 bridgehead atoms. The smallest absolute Gasteiger partial charge is 0.356 e. The summed E-state index contributed by atoms with van der Waals surface area (Å²) in [7, 11) is 0. The molecule has 9 heteroatoms. The van der Waals surface area contributed by atoms with Crippen molar-refractivity contribution in [1.29, 1.82) is 0 Å². The van der Waals surface area contributed by atoms with E-state index in [4.69, 9.17) is 4.74 Å². The summed E-state index contributed by atoms with van der Waals surface area (Å²) in [5, 5.41) is 12.9. The number of hydrogen-bond donors (Lipinski definition) is 3. The van der Waals surface area contributed by atoms with Crippen LogP contribution in [0.4, 0.5) is 11.4 Å². The van der Waals surface area contributed by atoms with E-state index in [0.717, 1.165) is 5.69 Å². The van der Waals surface area contributed by atoms with E-state index in [0.29, 0.717) is 12.2 Å². The van der Waals surface area contributed by atoms with Crippen molar-refractivity contribution in [1.82, 2.24) is 4.98 Å². The highest BCUT2D eigenvalue weighted by atomic mass is 16.5. The van der Waals surface area contributed by atoms with Gasteiger partial charge in [0.15, 0.2) is 6.54 Å². The molecule has 1 aromatic heterocycles. The first kappa shape index (κ1) is 16.7. The van der Waals surface area contributed by atoms with Crippen LogP contribution in [0, 0.1) is 0 Å². The molecule has 4 rings (SSSR count). The van der Waals surface area contributed by atoms with Crippen LogP contribution in [-0.2, 0) is 4.74 Å². The number of nitrogens with zero attached hydrogens (tertiary/aromatic N) is 2. The van der Waals surface area contributed by atoms with Crippen molar-refractivity contribution < 1.29 is 24.0 Å². The van der Waals surface area contributed by atoms with Crippen LogP contribution in [0.15, 0.2) is 34.1 Å². The minimum absolute atomic E-state index is 0.101. The first-order chi connectivity index (χ1) is 13.0. The molecule has 3 N–H and O–H groups in total. The molecule has 2 aliphatic rings. The first-order valence-corrected chi connectivity index (χ1v) is 8.19. The summed E-state index contributed by atoms with van der Waals surface area (Å²) in [4.78, 5) is 42.8. The Morgan fingerprint density at radius 2 is 2.07 bits per heavy atom. The van der Waals surface area contributed by atoms with Crippen LogP contribution in [0.1, 0.15) is 39.4 Å². The molecular formula is C18H15N4O5+. The van der Waals surface area contributed by atoms with Crippen LogP contribution in [0.2, 0.25) is 0 Å². The second-order valence-electron chi connectivity index (χ2n) is 6.09. The lowest BCUT2D eigenvalue weighted by molar-refractivity contribution is -0.285. The topological polar surface area (TPSA) is 124 Å². The van der Waals surface area contributed by atoms with E-state index in [9.17, 15) is 19.5 Å². The third kappa shape index (κ3) is 2.78. The Bertz CT molecular complexity index is 1080. The van der Waals surface area contributed by atoms with Gasteiger partial charge >= 0.3 is 5.97 Å². The number of pyridine rings is 1. The maximum Gasteiger partial charge on any atom is 0.356 e. The van der Waals surface area contributed by atoms with Gasteiger partial charge in [-0.25, -0.2) is 9.37 Å². The number of nitrogens with one attached hydrogen (secondary N) is 2. The Morgan fingerprint density at radius 1 is 1.33 bits per heavy atom. The lowest BCUT2D eigenvalue weighted by Gasteiger charge is -2.10. The molecule has 0 spiro atoms. The zero-order chi connectivity index (χ0) is 19.1. The summed E-state index contributed by atoms with van der Waals surface area (Å²) >= 11 is 0. The molecule has 0 radical (unpaired) electrons. The van der Waals surface area contributed by atoms with Crippen molar-refractivity contribution >= 4 is 35.8 Å². The van der Waals surface area contributed by atoms with Crippen LogP contribution >= 0.6 is 0 Å². The van der Waals surface area contributed by atoms with Crippen LogP contribution in [0.3, 0.4) is 0 Å². The van der Waals surface area contributed by atoms with Crippen molar-refractivity contribution in [2.75, 3.05) is 11.9 Å². The van der Waals surface area contributed by atoms with E-state index in [1.165, 1.54) is 0 Å². The molecule has 2 aliphatic heterocycles. The second-order valence-corrected chi connectivity index (χ2v) is 6.09. The van der Waals surface area contributed by atoms with Crippen LogP contribution in [0.25, 0.3) is 0 Å². The van der Waals surface area contributed by atoms with E-state index in [1.54, 1.807) is 37.5 Å². The molecule has 27 heavy (non-hydrogen) atoms. The first-order valence-electron chi connectivity index (χ1n) is 8.19. The van der Waals surface area contributed by atoms with Crippen LogP contribution in [0.5, 0.6) is 5.75 Å². The predicted molar refractivity (Wildman–Crippen MR) is 96.3 cm³/mol. The van der Waals surface area contributed by atoms with Crippen molar-refractivity contribution in [3.05, 3.63) is 51.4 Å². The van der Waals surface area contributed by atoms with E-state index in [1.807, 2.05) is 10.8 Å². The molecule has 1 atom stereocenters. The molecule has 2 aromatic rings. The number of amides is 1. The van der Waals surface area contributed by atoms with Gasteiger partial charge in [0, 0.05) is 5.69 Å². The van der Waals surface area contributed by atoms with Crippen molar-refractivity contribution in [3.8, 4) is 5.75 Å². The molecule has 3 heterocycles. The average Bonchev–Trinajstić information content (AvgIpc) is 3.24. The lowest BCUT2D eigenvalue weighted by Crippen LogP contribution is -2.25. The number of ether oxygens (including phenoxy) is 1. The lowest BCUT2D eigenvalue weighted by atomic mass is 10.1. The van der Waals surface area contributed by atoms with Gasteiger partial charge in [0.25, 0.3) is 17.8 Å². The Kier molecular flexibility index (Phi) is 3.84. The number of fused-ring (bicyclic) bond motifs is 1. The number of aromatic hydroxyl groups is 1. The minimum Gasteiger partial charge on any atom is -0.506 e. The molecule has 0 saturated heterocycles. The van der Waals surface area contributed by atoms with Crippen molar-refractivity contribution in [2.45, 2.75) is 13.0 Å². The summed E-state index contributed by atoms with van der Waals surface area (Å²) in [5.74, 6) is -2.08. The summed E-state index contributed by atoms with van der Waals surface area (Å²) in [6.45, 7) is 2.16. The molecule has 0 unspecified atom stereocenters. The Labute approximate surface area is 152 Å². The fraction of sp³-hybridized carbons (Fsp3) is 0.167. The van der Waals surface area contributed by atoms with Crippen molar-refractivity contribution in [2.24, 2.45) is 4.99 Å². The van der Waals surface area contributed by atoms with Gasteiger partial charge < -0.3 is 20.1 Å². The number of aromatic amines is 1. The average molecular weight is 367 g/mol. The molecule has 0 fully saturated rings. The number of aromatic nitrogens is 1. The Balaban J connectivity index is 1.62. The minimum atomic E-state index is -0.866. The summed E-state index contributed by atoms with van der Waals surface area (Å²) in [6, 6.07) is 6.90. The number of carbonyl (C=O) groups excluding carboxylic acids is 2. The number of benzene rings is 1. The summed E-state index contributed by atoms with van der Waals surface area (Å²) < 4.78 is 6.81. The van der Waals surface area contributed by atoms with E-state index >= 15 is 0 Å². The number of aliphatic imine (C=N–C) groups is 1. The third-order valence-corrected chi connectivity index (χ3v) is 4.36. The highest BCUT2D eigenvalue weighted by Crippen LogP contribution is 2.36. The van der Waals surface area contributed by atoms with Crippen LogP contribution in [-0.4, -0.2) is 45.6 Å². The van der Waals surface area contributed by atoms with Gasteiger partial charge in [0.1, 0.15) is 35.0 Å². The quantitative estimate of drug-likeness (QED) is 0.558. The number of carbonyl (C=O) groups is 2.